The van der Waals surface area contributed by atoms with E-state index >= 15 is 0 Å². The number of aryl methyl sites for hydroxylation is 1. The Hall–Kier alpha value is -1.66. The van der Waals surface area contributed by atoms with Crippen molar-refractivity contribution < 1.29 is 17.9 Å². The van der Waals surface area contributed by atoms with Gasteiger partial charge >= 0.3 is 5.97 Å². The lowest BCUT2D eigenvalue weighted by Crippen LogP contribution is -2.38. The van der Waals surface area contributed by atoms with Crippen LogP contribution >= 0.6 is 0 Å². The minimum Gasteiger partial charge on any atom is -0.460 e. The van der Waals surface area contributed by atoms with Crippen LogP contribution in [0.3, 0.4) is 0 Å². The van der Waals surface area contributed by atoms with Crippen molar-refractivity contribution in [3.05, 3.63) is 42.0 Å². The van der Waals surface area contributed by atoms with Crippen LogP contribution < -0.4 is 4.72 Å². The predicted molar refractivity (Wildman–Crippen MR) is 90.6 cm³/mol. The molecule has 0 aromatic heterocycles. The lowest BCUT2D eigenvalue weighted by atomic mass is 10.1. The van der Waals surface area contributed by atoms with Crippen LogP contribution in [0.15, 0.2) is 41.3 Å². The summed E-state index contributed by atoms with van der Waals surface area (Å²) in [4.78, 5) is 12.1. The van der Waals surface area contributed by atoms with Crippen molar-refractivity contribution in [2.24, 2.45) is 0 Å². The SMILES string of the molecule is C=C(C)[C@@H](CC(=O)OC(C)(C)C)NS(=O)(=O)c1ccc(C)cc1. The minimum absolute atomic E-state index is 0.0995. The number of benzene rings is 1. The van der Waals surface area contributed by atoms with Crippen LogP contribution in [0.2, 0.25) is 0 Å². The number of hydrogen-bond acceptors (Lipinski definition) is 4. The molecule has 1 atom stereocenters. The number of hydrogen-bond donors (Lipinski definition) is 1. The van der Waals surface area contributed by atoms with Crippen molar-refractivity contribution in [2.45, 2.75) is 57.6 Å². The van der Waals surface area contributed by atoms with E-state index in [1.165, 1.54) is 12.1 Å². The van der Waals surface area contributed by atoms with Gasteiger partial charge in [0.1, 0.15) is 5.60 Å². The van der Waals surface area contributed by atoms with Gasteiger partial charge in [0, 0.05) is 0 Å². The Kier molecular flexibility index (Phi) is 6.13. The molecule has 0 fully saturated rings. The largest absolute Gasteiger partial charge is 0.460 e. The molecule has 128 valence electrons. The first-order valence-electron chi connectivity index (χ1n) is 7.37. The van der Waals surface area contributed by atoms with Gasteiger partial charge in [0.25, 0.3) is 0 Å². The maximum atomic E-state index is 12.4. The Labute approximate surface area is 138 Å². The van der Waals surface area contributed by atoms with Crippen LogP contribution in [-0.4, -0.2) is 26.0 Å². The van der Waals surface area contributed by atoms with E-state index < -0.39 is 27.6 Å². The molecule has 1 aromatic rings. The Morgan fingerprint density at radius 3 is 2.22 bits per heavy atom. The van der Waals surface area contributed by atoms with Crippen molar-refractivity contribution in [1.82, 2.24) is 4.72 Å². The molecule has 0 radical (unpaired) electrons. The minimum atomic E-state index is -3.73. The molecule has 1 aromatic carbocycles. The fourth-order valence-electron chi connectivity index (χ4n) is 1.84. The van der Waals surface area contributed by atoms with Gasteiger partial charge in [0.15, 0.2) is 0 Å². The Morgan fingerprint density at radius 1 is 1.26 bits per heavy atom. The summed E-state index contributed by atoms with van der Waals surface area (Å²) in [6, 6.07) is 5.79. The van der Waals surface area contributed by atoms with Crippen LogP contribution in [0.4, 0.5) is 0 Å². The first-order chi connectivity index (χ1) is 10.4. The van der Waals surface area contributed by atoms with Gasteiger partial charge in [-0.3, -0.25) is 4.79 Å². The van der Waals surface area contributed by atoms with E-state index in [4.69, 9.17) is 4.74 Å². The maximum Gasteiger partial charge on any atom is 0.308 e. The fourth-order valence-corrected chi connectivity index (χ4v) is 3.13. The molecular weight excluding hydrogens is 314 g/mol. The highest BCUT2D eigenvalue weighted by Gasteiger charge is 2.25. The summed E-state index contributed by atoms with van der Waals surface area (Å²) >= 11 is 0. The van der Waals surface area contributed by atoms with E-state index in [9.17, 15) is 13.2 Å². The summed E-state index contributed by atoms with van der Waals surface area (Å²) in [5.74, 6) is -0.475. The first kappa shape index (κ1) is 19.4. The second-order valence-electron chi connectivity index (χ2n) is 6.62. The number of rotatable bonds is 6. The quantitative estimate of drug-likeness (QED) is 0.639. The average Bonchev–Trinajstić information content (AvgIpc) is 2.35. The Morgan fingerprint density at radius 2 is 1.78 bits per heavy atom. The lowest BCUT2D eigenvalue weighted by molar-refractivity contribution is -0.155. The van der Waals surface area contributed by atoms with Crippen molar-refractivity contribution in [3.63, 3.8) is 0 Å². The summed E-state index contributed by atoms with van der Waals surface area (Å²) in [5.41, 5.74) is 0.896. The standard InChI is InChI=1S/C17H25NO4S/c1-12(2)15(11-16(19)22-17(4,5)6)18-23(20,21)14-9-7-13(3)8-10-14/h7-10,15,18H,1,11H2,2-6H3/t15-/m1/s1. The topological polar surface area (TPSA) is 72.5 Å². The molecule has 1 rings (SSSR count). The number of esters is 1. The molecule has 1 N–H and O–H groups in total. The van der Waals surface area contributed by atoms with E-state index in [1.807, 2.05) is 6.92 Å². The third kappa shape index (κ3) is 6.54. The van der Waals surface area contributed by atoms with Crippen LogP contribution in [0, 0.1) is 6.92 Å². The lowest BCUT2D eigenvalue weighted by Gasteiger charge is -2.23. The van der Waals surface area contributed by atoms with E-state index in [0.29, 0.717) is 5.57 Å². The number of carbonyl (C=O) groups is 1. The van der Waals surface area contributed by atoms with Crippen molar-refractivity contribution in [3.8, 4) is 0 Å². The van der Waals surface area contributed by atoms with E-state index in [0.717, 1.165) is 5.56 Å². The summed E-state index contributed by atoms with van der Waals surface area (Å²) in [6.07, 6.45) is -0.0995. The number of carbonyl (C=O) groups excluding carboxylic acids is 1. The molecule has 5 nitrogen and oxygen atoms in total. The molecule has 0 aliphatic carbocycles. The number of nitrogens with one attached hydrogen (secondary N) is 1. The van der Waals surface area contributed by atoms with E-state index in [2.05, 4.69) is 11.3 Å². The molecule has 23 heavy (non-hydrogen) atoms. The Bertz CT molecular complexity index is 670. The summed E-state index contributed by atoms with van der Waals surface area (Å²) in [7, 11) is -3.73. The summed E-state index contributed by atoms with van der Waals surface area (Å²) < 4.78 is 32.6. The maximum absolute atomic E-state index is 12.4. The van der Waals surface area contributed by atoms with Gasteiger partial charge in [0.05, 0.1) is 17.4 Å². The molecule has 0 unspecified atom stereocenters. The van der Waals surface area contributed by atoms with Gasteiger partial charge in [-0.1, -0.05) is 29.8 Å². The van der Waals surface area contributed by atoms with Gasteiger partial charge in [-0.2, -0.15) is 0 Å². The first-order valence-corrected chi connectivity index (χ1v) is 8.85. The zero-order chi connectivity index (χ0) is 17.8. The zero-order valence-corrected chi connectivity index (χ0v) is 15.2. The average molecular weight is 339 g/mol. The molecule has 0 aliphatic rings. The van der Waals surface area contributed by atoms with Crippen molar-refractivity contribution >= 4 is 16.0 Å². The molecule has 0 saturated carbocycles. The normalized spacial score (nSPS) is 13.4. The third-order valence-electron chi connectivity index (χ3n) is 3.01. The second kappa shape index (κ2) is 7.27. The highest BCUT2D eigenvalue weighted by molar-refractivity contribution is 7.89. The van der Waals surface area contributed by atoms with Gasteiger partial charge < -0.3 is 4.74 Å². The van der Waals surface area contributed by atoms with Gasteiger partial charge in [-0.15, -0.1) is 0 Å². The Balaban J connectivity index is 2.89. The molecule has 6 heteroatoms. The van der Waals surface area contributed by atoms with Crippen molar-refractivity contribution in [2.75, 3.05) is 0 Å². The number of sulfonamides is 1. The van der Waals surface area contributed by atoms with Crippen LogP contribution in [-0.2, 0) is 19.6 Å². The van der Waals surface area contributed by atoms with Gasteiger partial charge in [-0.25, -0.2) is 13.1 Å². The predicted octanol–water partition coefficient (Wildman–Crippen LogP) is 2.95. The smallest absolute Gasteiger partial charge is 0.308 e. The molecule has 0 amide bonds. The van der Waals surface area contributed by atoms with Gasteiger partial charge in [0.2, 0.25) is 10.0 Å². The zero-order valence-electron chi connectivity index (χ0n) is 14.3. The van der Waals surface area contributed by atoms with Crippen LogP contribution in [0.5, 0.6) is 0 Å². The molecule has 0 heterocycles. The highest BCUT2D eigenvalue weighted by atomic mass is 32.2. The van der Waals surface area contributed by atoms with Crippen LogP contribution in [0.1, 0.15) is 39.7 Å². The fraction of sp³-hybridized carbons (Fsp3) is 0.471. The number of ether oxygens (including phenoxy) is 1. The van der Waals surface area contributed by atoms with E-state index in [-0.39, 0.29) is 11.3 Å². The van der Waals surface area contributed by atoms with E-state index in [1.54, 1.807) is 39.8 Å². The van der Waals surface area contributed by atoms with Crippen LogP contribution in [0.25, 0.3) is 0 Å². The van der Waals surface area contributed by atoms with Crippen molar-refractivity contribution in [1.29, 1.82) is 0 Å². The monoisotopic (exact) mass is 339 g/mol. The molecule has 0 saturated heterocycles. The molecule has 0 spiro atoms. The summed E-state index contributed by atoms with van der Waals surface area (Å²) in [6.45, 7) is 12.6. The third-order valence-corrected chi connectivity index (χ3v) is 4.50. The van der Waals surface area contributed by atoms with Gasteiger partial charge in [-0.05, 0) is 46.8 Å². The molecule has 0 bridgehead atoms. The molecule has 0 aliphatic heterocycles. The summed E-state index contributed by atoms with van der Waals surface area (Å²) in [5, 5.41) is 0. The highest BCUT2D eigenvalue weighted by Crippen LogP contribution is 2.16. The second-order valence-corrected chi connectivity index (χ2v) is 8.34. The molecular formula is C17H25NO4S.